The Kier molecular flexibility index (Phi) is 7.18. The fourth-order valence-corrected chi connectivity index (χ4v) is 6.39. The van der Waals surface area contributed by atoms with Crippen LogP contribution in [0.2, 0.25) is 0 Å². The zero-order valence-electron chi connectivity index (χ0n) is 22.5. The molecule has 6 rings (SSSR count). The summed E-state index contributed by atoms with van der Waals surface area (Å²) in [7, 11) is 0. The van der Waals surface area contributed by atoms with Gasteiger partial charge in [0.2, 0.25) is 0 Å². The van der Waals surface area contributed by atoms with Gasteiger partial charge in [0, 0.05) is 56.7 Å². The molecular weight excluding hydrogens is 480 g/mol. The van der Waals surface area contributed by atoms with Gasteiger partial charge in [0.1, 0.15) is 18.5 Å². The lowest BCUT2D eigenvalue weighted by Gasteiger charge is -2.47. The number of carbonyl (C=O) groups is 1. The Hall–Kier alpha value is -2.84. The monoisotopic (exact) mass is 520 g/mol. The van der Waals surface area contributed by atoms with Crippen molar-refractivity contribution in [3.63, 3.8) is 0 Å². The molecule has 204 valence electrons. The number of hydrogen-bond donors (Lipinski definition) is 0. The third kappa shape index (κ3) is 5.21. The highest BCUT2D eigenvalue weighted by Gasteiger charge is 2.43. The molecule has 0 radical (unpaired) electrons. The Morgan fingerprint density at radius 1 is 0.921 bits per heavy atom. The van der Waals surface area contributed by atoms with E-state index in [0.717, 1.165) is 69.3 Å². The van der Waals surface area contributed by atoms with Crippen LogP contribution in [-0.2, 0) is 16.1 Å². The summed E-state index contributed by atoms with van der Waals surface area (Å²) in [6, 6.07) is 12.7. The van der Waals surface area contributed by atoms with Crippen LogP contribution in [0, 0.1) is 0 Å². The summed E-state index contributed by atoms with van der Waals surface area (Å²) in [5.74, 6) is 0.908. The van der Waals surface area contributed by atoms with E-state index in [1.807, 2.05) is 6.92 Å². The molecule has 0 atom stereocenters. The molecule has 1 aromatic carbocycles. The smallest absolute Gasteiger partial charge is 0.253 e. The lowest BCUT2D eigenvalue weighted by atomic mass is 9.88. The number of aromatic nitrogens is 1. The molecule has 1 saturated carbocycles. The molecule has 4 fully saturated rings. The van der Waals surface area contributed by atoms with Gasteiger partial charge in [-0.2, -0.15) is 0 Å². The van der Waals surface area contributed by atoms with Gasteiger partial charge in [-0.05, 0) is 75.8 Å². The number of benzene rings is 1. The molecule has 0 bridgehead atoms. The molecule has 8 nitrogen and oxygen atoms in total. The minimum Gasteiger partial charge on any atom is -0.490 e. The van der Waals surface area contributed by atoms with E-state index < -0.39 is 0 Å². The van der Waals surface area contributed by atoms with E-state index >= 15 is 0 Å². The van der Waals surface area contributed by atoms with Gasteiger partial charge in [-0.15, -0.1) is 0 Å². The van der Waals surface area contributed by atoms with E-state index in [4.69, 9.17) is 9.47 Å². The molecule has 0 unspecified atom stereocenters. The lowest BCUT2D eigenvalue weighted by Crippen LogP contribution is -2.59. The standard InChI is InChI=1S/C30H40N4O4/c1-2-31-20-25(8-11-28(31)35)34-22-30(37-21-29(34)36)14-18-33(19-15-30)24-6-9-26(10-7-24)38-27-12-16-32(17-13-27)23-4-3-5-23/h6-11,20,23,27H,2-5,12-19,21-22H2,1H3. The summed E-state index contributed by atoms with van der Waals surface area (Å²) in [4.78, 5) is 31.6. The van der Waals surface area contributed by atoms with Gasteiger partial charge in [0.05, 0.1) is 17.8 Å². The van der Waals surface area contributed by atoms with Gasteiger partial charge >= 0.3 is 0 Å². The molecule has 3 aliphatic heterocycles. The van der Waals surface area contributed by atoms with Crippen LogP contribution in [0.25, 0.3) is 0 Å². The number of ether oxygens (including phenoxy) is 2. The first kappa shape index (κ1) is 25.4. The zero-order chi connectivity index (χ0) is 26.1. The molecule has 1 amide bonds. The molecule has 4 aliphatic rings. The number of piperidine rings is 2. The first-order valence-electron chi connectivity index (χ1n) is 14.4. The number of nitrogens with zero attached hydrogens (tertiary/aromatic N) is 4. The molecule has 2 aromatic rings. The number of likely N-dealkylation sites (tertiary alicyclic amines) is 1. The maximum atomic E-state index is 12.7. The Labute approximate surface area is 225 Å². The quantitative estimate of drug-likeness (QED) is 0.579. The lowest BCUT2D eigenvalue weighted by molar-refractivity contribution is -0.141. The Morgan fingerprint density at radius 2 is 1.63 bits per heavy atom. The van der Waals surface area contributed by atoms with E-state index in [1.165, 1.54) is 24.9 Å². The number of anilines is 2. The molecular formula is C30H40N4O4. The van der Waals surface area contributed by atoms with Crippen LogP contribution in [0.5, 0.6) is 5.75 Å². The predicted octanol–water partition coefficient (Wildman–Crippen LogP) is 3.67. The highest BCUT2D eigenvalue weighted by atomic mass is 16.5. The molecule has 1 spiro atoms. The molecule has 4 heterocycles. The summed E-state index contributed by atoms with van der Waals surface area (Å²) in [5.41, 5.74) is 1.57. The highest BCUT2D eigenvalue weighted by Crippen LogP contribution is 2.35. The van der Waals surface area contributed by atoms with E-state index in [2.05, 4.69) is 34.1 Å². The summed E-state index contributed by atoms with van der Waals surface area (Å²) < 4.78 is 14.1. The average molecular weight is 521 g/mol. The summed E-state index contributed by atoms with van der Waals surface area (Å²) >= 11 is 0. The van der Waals surface area contributed by atoms with Crippen LogP contribution in [-0.4, -0.2) is 72.5 Å². The van der Waals surface area contributed by atoms with Crippen molar-refractivity contribution in [1.82, 2.24) is 9.47 Å². The SMILES string of the molecule is CCn1cc(N2CC3(CCN(c4ccc(OC5CCN(C6CCC6)CC5)cc4)CC3)OCC2=O)ccc1=O. The number of rotatable bonds is 6. The van der Waals surface area contributed by atoms with Crippen molar-refractivity contribution in [2.45, 2.75) is 76.2 Å². The summed E-state index contributed by atoms with van der Waals surface area (Å²) in [5, 5.41) is 0. The Bertz CT molecular complexity index is 1180. The van der Waals surface area contributed by atoms with Crippen molar-refractivity contribution in [3.05, 3.63) is 52.9 Å². The topological polar surface area (TPSA) is 67.2 Å². The highest BCUT2D eigenvalue weighted by molar-refractivity contribution is 5.95. The molecule has 0 N–H and O–H groups in total. The van der Waals surface area contributed by atoms with E-state index in [-0.39, 0.29) is 23.7 Å². The van der Waals surface area contributed by atoms with Gasteiger partial charge in [-0.3, -0.25) is 9.59 Å². The van der Waals surface area contributed by atoms with Gasteiger partial charge in [0.25, 0.3) is 11.5 Å². The second kappa shape index (κ2) is 10.7. The van der Waals surface area contributed by atoms with Gasteiger partial charge in [-0.25, -0.2) is 0 Å². The maximum Gasteiger partial charge on any atom is 0.253 e. The maximum absolute atomic E-state index is 12.7. The van der Waals surface area contributed by atoms with Crippen LogP contribution in [0.4, 0.5) is 11.4 Å². The fraction of sp³-hybridized carbons (Fsp3) is 0.600. The number of amides is 1. The molecule has 8 heteroatoms. The van der Waals surface area contributed by atoms with E-state index in [0.29, 0.717) is 19.2 Å². The van der Waals surface area contributed by atoms with Crippen LogP contribution in [0.3, 0.4) is 0 Å². The van der Waals surface area contributed by atoms with Crippen molar-refractivity contribution in [1.29, 1.82) is 0 Å². The fourth-order valence-electron chi connectivity index (χ4n) is 6.39. The number of pyridine rings is 1. The normalized spacial score (nSPS) is 23.0. The van der Waals surface area contributed by atoms with Gasteiger partial charge in [-0.1, -0.05) is 6.42 Å². The van der Waals surface area contributed by atoms with Crippen LogP contribution < -0.4 is 20.1 Å². The number of hydrogen-bond acceptors (Lipinski definition) is 6. The second-order valence-electron chi connectivity index (χ2n) is 11.4. The van der Waals surface area contributed by atoms with Crippen molar-refractivity contribution in [2.24, 2.45) is 0 Å². The van der Waals surface area contributed by atoms with Crippen LogP contribution in [0.15, 0.2) is 47.4 Å². The van der Waals surface area contributed by atoms with Crippen molar-refractivity contribution in [2.75, 3.05) is 49.1 Å². The number of carbonyl (C=O) groups excluding carboxylic acids is 1. The van der Waals surface area contributed by atoms with Crippen LogP contribution >= 0.6 is 0 Å². The Morgan fingerprint density at radius 3 is 2.29 bits per heavy atom. The van der Waals surface area contributed by atoms with Gasteiger partial charge < -0.3 is 28.7 Å². The van der Waals surface area contributed by atoms with Crippen LogP contribution in [0.1, 0.15) is 51.9 Å². The van der Waals surface area contributed by atoms with Crippen molar-refractivity contribution in [3.8, 4) is 5.75 Å². The summed E-state index contributed by atoms with van der Waals surface area (Å²) in [6.07, 6.45) is 10.2. The predicted molar refractivity (Wildman–Crippen MR) is 148 cm³/mol. The van der Waals surface area contributed by atoms with Crippen molar-refractivity contribution >= 4 is 17.3 Å². The number of aryl methyl sites for hydroxylation is 1. The summed E-state index contributed by atoms with van der Waals surface area (Å²) in [6.45, 7) is 7.18. The zero-order valence-corrected chi connectivity index (χ0v) is 22.5. The molecule has 3 saturated heterocycles. The molecule has 1 aliphatic carbocycles. The first-order valence-corrected chi connectivity index (χ1v) is 14.4. The Balaban J connectivity index is 1.03. The third-order valence-corrected chi connectivity index (χ3v) is 9.12. The minimum absolute atomic E-state index is 0.0502. The van der Waals surface area contributed by atoms with Gasteiger partial charge in [0.15, 0.2) is 0 Å². The number of morpholine rings is 1. The minimum atomic E-state index is -0.352. The second-order valence-corrected chi connectivity index (χ2v) is 11.4. The van der Waals surface area contributed by atoms with Crippen molar-refractivity contribution < 1.29 is 14.3 Å². The molecule has 38 heavy (non-hydrogen) atoms. The average Bonchev–Trinajstić information content (AvgIpc) is 2.92. The first-order chi connectivity index (χ1) is 18.5. The largest absolute Gasteiger partial charge is 0.490 e. The van der Waals surface area contributed by atoms with E-state index in [9.17, 15) is 9.59 Å². The molecule has 1 aromatic heterocycles. The van der Waals surface area contributed by atoms with E-state index in [1.54, 1.807) is 27.8 Å². The third-order valence-electron chi connectivity index (χ3n) is 9.12.